The van der Waals surface area contributed by atoms with Crippen molar-refractivity contribution < 1.29 is 9.53 Å². The minimum Gasteiger partial charge on any atom is -0.444 e. The summed E-state index contributed by atoms with van der Waals surface area (Å²) in [6.07, 6.45) is 6.12. The zero-order valence-corrected chi connectivity index (χ0v) is 12.5. The third kappa shape index (κ3) is 3.88. The third-order valence-corrected chi connectivity index (χ3v) is 3.34. The second-order valence-corrected chi connectivity index (χ2v) is 6.31. The van der Waals surface area contributed by atoms with Gasteiger partial charge in [-0.05, 0) is 40.0 Å². The monoisotopic (exact) mass is 280 g/mol. The lowest BCUT2D eigenvalue weighted by molar-refractivity contribution is 0.0255. The van der Waals surface area contributed by atoms with Crippen molar-refractivity contribution in [2.24, 2.45) is 0 Å². The van der Waals surface area contributed by atoms with Crippen molar-refractivity contribution in [1.82, 2.24) is 14.7 Å². The van der Waals surface area contributed by atoms with Crippen molar-refractivity contribution in [3.05, 3.63) is 12.4 Å². The van der Waals surface area contributed by atoms with Gasteiger partial charge in [-0.3, -0.25) is 4.68 Å². The molecule has 1 atom stereocenters. The first kappa shape index (κ1) is 14.7. The number of anilines is 1. The molecule has 2 N–H and O–H groups in total. The number of aromatic nitrogens is 2. The Morgan fingerprint density at radius 2 is 2.15 bits per heavy atom. The number of carbonyl (C=O) groups excluding carboxylic acids is 1. The second kappa shape index (κ2) is 5.73. The molecular formula is C14H24N4O2. The molecule has 6 heteroatoms. The summed E-state index contributed by atoms with van der Waals surface area (Å²) < 4.78 is 7.33. The number of ether oxygens (including phenoxy) is 1. The number of nitrogen functional groups attached to an aromatic ring is 1. The van der Waals surface area contributed by atoms with Crippen LogP contribution in [-0.2, 0) is 4.74 Å². The van der Waals surface area contributed by atoms with E-state index in [1.807, 2.05) is 31.6 Å². The molecule has 1 fully saturated rings. The lowest BCUT2D eigenvalue weighted by atomic mass is 10.1. The number of carbonyl (C=O) groups is 1. The Bertz CT molecular complexity index is 464. The van der Waals surface area contributed by atoms with Crippen LogP contribution in [0.25, 0.3) is 0 Å². The lowest BCUT2D eigenvalue weighted by Gasteiger charge is -2.26. The highest BCUT2D eigenvalue weighted by Gasteiger charge is 2.25. The Morgan fingerprint density at radius 1 is 1.40 bits per heavy atom. The molecule has 1 aliphatic rings. The first-order valence-corrected chi connectivity index (χ1v) is 7.13. The topological polar surface area (TPSA) is 73.4 Å². The molecule has 2 heterocycles. The molecule has 1 saturated heterocycles. The highest BCUT2D eigenvalue weighted by Crippen LogP contribution is 2.23. The van der Waals surface area contributed by atoms with Gasteiger partial charge in [-0.1, -0.05) is 0 Å². The maximum atomic E-state index is 12.1. The number of hydrogen-bond acceptors (Lipinski definition) is 4. The number of nitrogens with two attached hydrogens (primary N) is 1. The van der Waals surface area contributed by atoms with Crippen molar-refractivity contribution in [2.45, 2.75) is 51.7 Å². The van der Waals surface area contributed by atoms with Gasteiger partial charge >= 0.3 is 6.09 Å². The Morgan fingerprint density at radius 3 is 2.75 bits per heavy atom. The van der Waals surface area contributed by atoms with Gasteiger partial charge in [0, 0.05) is 19.3 Å². The Hall–Kier alpha value is -1.72. The summed E-state index contributed by atoms with van der Waals surface area (Å²) >= 11 is 0. The zero-order chi connectivity index (χ0) is 14.8. The van der Waals surface area contributed by atoms with Crippen molar-refractivity contribution in [3.63, 3.8) is 0 Å². The van der Waals surface area contributed by atoms with Crippen LogP contribution in [0.5, 0.6) is 0 Å². The van der Waals surface area contributed by atoms with Crippen LogP contribution in [0.1, 0.15) is 46.1 Å². The summed E-state index contributed by atoms with van der Waals surface area (Å²) in [5, 5.41) is 4.27. The van der Waals surface area contributed by atoms with Crippen LogP contribution in [0, 0.1) is 0 Å². The predicted molar refractivity (Wildman–Crippen MR) is 77.3 cm³/mol. The van der Waals surface area contributed by atoms with E-state index >= 15 is 0 Å². The summed E-state index contributed by atoms with van der Waals surface area (Å²) in [4.78, 5) is 13.9. The molecule has 0 unspecified atom stereocenters. The Labute approximate surface area is 119 Å². The third-order valence-electron chi connectivity index (χ3n) is 3.34. The van der Waals surface area contributed by atoms with E-state index in [4.69, 9.17) is 10.5 Å². The quantitative estimate of drug-likeness (QED) is 0.857. The molecule has 0 saturated carbocycles. The van der Waals surface area contributed by atoms with Crippen molar-refractivity contribution in [3.8, 4) is 0 Å². The molecule has 1 aliphatic heterocycles. The molecule has 0 bridgehead atoms. The zero-order valence-electron chi connectivity index (χ0n) is 12.5. The molecule has 0 aliphatic carbocycles. The van der Waals surface area contributed by atoms with Gasteiger partial charge in [0.1, 0.15) is 5.60 Å². The van der Waals surface area contributed by atoms with Crippen LogP contribution in [0.2, 0.25) is 0 Å². The van der Waals surface area contributed by atoms with Gasteiger partial charge in [-0.25, -0.2) is 4.79 Å². The second-order valence-electron chi connectivity index (χ2n) is 6.31. The standard InChI is InChI=1S/C14H24N4O2/c1-14(2,3)20-13(19)17-7-4-5-12(6-8-17)18-10-11(15)9-16-18/h9-10,12H,4-8,15H2,1-3H3/t12-/m0/s1. The summed E-state index contributed by atoms with van der Waals surface area (Å²) in [6.45, 7) is 7.09. The van der Waals surface area contributed by atoms with Crippen molar-refractivity contribution in [2.75, 3.05) is 18.8 Å². The SMILES string of the molecule is CC(C)(C)OC(=O)N1CCC[C@H](n2cc(N)cn2)CC1. The van der Waals surface area contributed by atoms with Crippen LogP contribution in [0.4, 0.5) is 10.5 Å². The number of likely N-dealkylation sites (tertiary alicyclic amines) is 1. The van der Waals surface area contributed by atoms with Gasteiger partial charge < -0.3 is 15.4 Å². The maximum Gasteiger partial charge on any atom is 0.410 e. The van der Waals surface area contributed by atoms with E-state index < -0.39 is 5.60 Å². The fraction of sp³-hybridized carbons (Fsp3) is 0.714. The predicted octanol–water partition coefficient (Wildman–Crippen LogP) is 2.43. The molecular weight excluding hydrogens is 256 g/mol. The molecule has 0 aromatic carbocycles. The van der Waals surface area contributed by atoms with Gasteiger partial charge in [0.05, 0.1) is 17.9 Å². The number of hydrogen-bond donors (Lipinski definition) is 1. The average molecular weight is 280 g/mol. The van der Waals surface area contributed by atoms with Gasteiger partial charge in [-0.15, -0.1) is 0 Å². The molecule has 112 valence electrons. The lowest BCUT2D eigenvalue weighted by Crippen LogP contribution is -2.37. The van der Waals surface area contributed by atoms with Crippen LogP contribution >= 0.6 is 0 Å². The van der Waals surface area contributed by atoms with E-state index in [0.717, 1.165) is 25.8 Å². The van der Waals surface area contributed by atoms with Crippen molar-refractivity contribution in [1.29, 1.82) is 0 Å². The first-order chi connectivity index (χ1) is 9.35. The molecule has 0 spiro atoms. The molecule has 0 radical (unpaired) electrons. The van der Waals surface area contributed by atoms with E-state index in [2.05, 4.69) is 5.10 Å². The minimum atomic E-state index is -0.445. The normalized spacial score (nSPS) is 20.6. The van der Waals surface area contributed by atoms with Gasteiger partial charge in [0.2, 0.25) is 0 Å². The molecule has 6 nitrogen and oxygen atoms in total. The van der Waals surface area contributed by atoms with Crippen LogP contribution in [0.15, 0.2) is 12.4 Å². The molecule has 1 amide bonds. The maximum absolute atomic E-state index is 12.1. The number of amides is 1. The molecule has 2 rings (SSSR count). The number of nitrogens with zero attached hydrogens (tertiary/aromatic N) is 3. The highest BCUT2D eigenvalue weighted by atomic mass is 16.6. The highest BCUT2D eigenvalue weighted by molar-refractivity contribution is 5.68. The summed E-state index contributed by atoms with van der Waals surface area (Å²) in [6, 6.07) is 0.305. The molecule has 1 aromatic rings. The Kier molecular flexibility index (Phi) is 4.20. The largest absolute Gasteiger partial charge is 0.444 e. The van der Waals surface area contributed by atoms with Crippen LogP contribution in [-0.4, -0.2) is 39.5 Å². The van der Waals surface area contributed by atoms with E-state index in [9.17, 15) is 4.79 Å². The molecule has 20 heavy (non-hydrogen) atoms. The van der Waals surface area contributed by atoms with Crippen LogP contribution in [0.3, 0.4) is 0 Å². The minimum absolute atomic E-state index is 0.224. The number of rotatable bonds is 1. The van der Waals surface area contributed by atoms with E-state index in [0.29, 0.717) is 18.3 Å². The summed E-state index contributed by atoms with van der Waals surface area (Å²) in [7, 11) is 0. The summed E-state index contributed by atoms with van der Waals surface area (Å²) in [5.41, 5.74) is 5.94. The Balaban J connectivity index is 1.94. The van der Waals surface area contributed by atoms with E-state index in [1.165, 1.54) is 0 Å². The van der Waals surface area contributed by atoms with Gasteiger partial charge in [0.15, 0.2) is 0 Å². The van der Waals surface area contributed by atoms with Crippen molar-refractivity contribution >= 4 is 11.8 Å². The van der Waals surface area contributed by atoms with Gasteiger partial charge in [-0.2, -0.15) is 5.10 Å². The van der Waals surface area contributed by atoms with Crippen LogP contribution < -0.4 is 5.73 Å². The summed E-state index contributed by atoms with van der Waals surface area (Å²) in [5.74, 6) is 0. The average Bonchev–Trinajstić information content (AvgIpc) is 2.62. The fourth-order valence-corrected chi connectivity index (χ4v) is 2.40. The molecule has 1 aromatic heterocycles. The van der Waals surface area contributed by atoms with Gasteiger partial charge in [0.25, 0.3) is 0 Å². The first-order valence-electron chi connectivity index (χ1n) is 7.13. The smallest absolute Gasteiger partial charge is 0.410 e. The fourth-order valence-electron chi connectivity index (χ4n) is 2.40. The van der Waals surface area contributed by atoms with E-state index in [1.54, 1.807) is 11.1 Å². The van der Waals surface area contributed by atoms with E-state index in [-0.39, 0.29) is 6.09 Å².